The number of carbonyl (C=O) groups excluding carboxylic acids is 1. The maximum Gasteiger partial charge on any atom is 0.334 e. The van der Waals surface area contributed by atoms with Crippen LogP contribution in [0.2, 0.25) is 5.02 Å². The molecule has 1 unspecified atom stereocenters. The van der Waals surface area contributed by atoms with E-state index in [-0.39, 0.29) is 17.9 Å². The summed E-state index contributed by atoms with van der Waals surface area (Å²) in [6.07, 6.45) is 2.61. The van der Waals surface area contributed by atoms with Gasteiger partial charge in [-0.1, -0.05) is 17.7 Å². The predicted octanol–water partition coefficient (Wildman–Crippen LogP) is 5.88. The first-order valence-corrected chi connectivity index (χ1v) is 12.7. The second kappa shape index (κ2) is 10.6. The number of halogens is 3. The summed E-state index contributed by atoms with van der Waals surface area (Å²) >= 11 is 6.30. The van der Waals surface area contributed by atoms with Crippen molar-refractivity contribution in [3.8, 4) is 11.1 Å². The molecule has 0 radical (unpaired) electrons. The Labute approximate surface area is 219 Å². The minimum atomic E-state index is -0.870. The Morgan fingerprint density at radius 2 is 1.92 bits per heavy atom. The first-order valence-electron chi connectivity index (χ1n) is 12.3. The number of nitrogens with zero attached hydrogens (tertiary/aromatic N) is 3. The van der Waals surface area contributed by atoms with E-state index < -0.39 is 23.4 Å². The van der Waals surface area contributed by atoms with Gasteiger partial charge in [-0.15, -0.1) is 0 Å². The summed E-state index contributed by atoms with van der Waals surface area (Å²) in [6.45, 7) is 6.43. The fourth-order valence-corrected chi connectivity index (χ4v) is 4.93. The molecule has 3 heterocycles. The maximum absolute atomic E-state index is 15.6. The van der Waals surface area contributed by atoms with Crippen molar-refractivity contribution < 1.29 is 18.3 Å². The standard InChI is InChI=1S/C27H28ClF2N5O2/c1-3-34-26-21(10-16(2)14-33-26)20-5-4-17(28)11-24(20)35(27(34)36)25-22(29)12-19(13-23(25)30)32-8-7-31-18-6-9-37-15-18/h4-5,10-14,18,31-32H,3,6-9,15H2,1-2H3. The number of hydrogen-bond donors (Lipinski definition) is 2. The van der Waals surface area contributed by atoms with Crippen LogP contribution < -0.4 is 20.4 Å². The molecule has 3 aromatic rings. The third-order valence-electron chi connectivity index (χ3n) is 6.55. The van der Waals surface area contributed by atoms with Crippen LogP contribution >= 0.6 is 11.6 Å². The molecule has 0 aliphatic carbocycles. The summed E-state index contributed by atoms with van der Waals surface area (Å²) in [5.41, 5.74) is 2.27. The monoisotopic (exact) mass is 527 g/mol. The van der Waals surface area contributed by atoms with Crippen LogP contribution in [0.25, 0.3) is 11.1 Å². The molecular formula is C27H28ClF2N5O2. The van der Waals surface area contributed by atoms with Gasteiger partial charge in [-0.3, -0.25) is 9.80 Å². The zero-order valence-corrected chi connectivity index (χ0v) is 21.4. The van der Waals surface area contributed by atoms with E-state index in [1.54, 1.807) is 31.3 Å². The molecule has 1 aromatic heterocycles. The molecule has 1 fully saturated rings. The van der Waals surface area contributed by atoms with Gasteiger partial charge in [0.1, 0.15) is 11.5 Å². The van der Waals surface area contributed by atoms with E-state index in [9.17, 15) is 4.79 Å². The van der Waals surface area contributed by atoms with Crippen molar-refractivity contribution in [3.63, 3.8) is 0 Å². The number of benzene rings is 2. The van der Waals surface area contributed by atoms with Gasteiger partial charge < -0.3 is 15.4 Å². The Morgan fingerprint density at radius 1 is 1.14 bits per heavy atom. The van der Waals surface area contributed by atoms with E-state index in [1.807, 2.05) is 13.0 Å². The Morgan fingerprint density at radius 3 is 2.62 bits per heavy atom. The molecule has 0 saturated carbocycles. The molecule has 2 aromatic carbocycles. The quantitative estimate of drug-likeness (QED) is 0.376. The highest BCUT2D eigenvalue weighted by atomic mass is 35.5. The van der Waals surface area contributed by atoms with Crippen LogP contribution in [0.3, 0.4) is 0 Å². The minimum Gasteiger partial charge on any atom is -0.384 e. The number of pyridine rings is 1. The van der Waals surface area contributed by atoms with Gasteiger partial charge in [-0.25, -0.2) is 18.6 Å². The summed E-state index contributed by atoms with van der Waals surface area (Å²) in [5, 5.41) is 6.73. The van der Waals surface area contributed by atoms with Crippen LogP contribution in [-0.4, -0.2) is 49.9 Å². The van der Waals surface area contributed by atoms with Crippen LogP contribution in [0.5, 0.6) is 0 Å². The number of aryl methyl sites for hydroxylation is 1. The van der Waals surface area contributed by atoms with Crippen LogP contribution in [0.15, 0.2) is 42.6 Å². The normalized spacial score (nSPS) is 17.0. The Bertz CT molecular complexity index is 1310. The summed E-state index contributed by atoms with van der Waals surface area (Å²) in [6, 6.07) is 8.94. The lowest BCUT2D eigenvalue weighted by Gasteiger charge is -2.28. The lowest BCUT2D eigenvalue weighted by Crippen LogP contribution is -2.41. The molecular weight excluding hydrogens is 500 g/mol. The highest BCUT2D eigenvalue weighted by molar-refractivity contribution is 6.31. The second-order valence-corrected chi connectivity index (χ2v) is 9.57. The lowest BCUT2D eigenvalue weighted by molar-refractivity contribution is 0.190. The van der Waals surface area contributed by atoms with E-state index >= 15 is 8.78 Å². The zero-order chi connectivity index (χ0) is 26.1. The number of carbonyl (C=O) groups is 1. The third kappa shape index (κ3) is 4.99. The molecule has 194 valence electrons. The zero-order valence-electron chi connectivity index (χ0n) is 20.7. The van der Waals surface area contributed by atoms with Gasteiger partial charge in [0, 0.05) is 60.3 Å². The molecule has 10 heteroatoms. The third-order valence-corrected chi connectivity index (χ3v) is 6.78. The van der Waals surface area contributed by atoms with Crippen LogP contribution in [0.1, 0.15) is 18.9 Å². The Kier molecular flexibility index (Phi) is 7.28. The minimum absolute atomic E-state index is 0.252. The van der Waals surface area contributed by atoms with E-state index in [2.05, 4.69) is 15.6 Å². The van der Waals surface area contributed by atoms with E-state index in [1.165, 1.54) is 17.0 Å². The first kappa shape index (κ1) is 25.4. The maximum atomic E-state index is 15.6. The van der Waals surface area contributed by atoms with Crippen molar-refractivity contribution in [2.45, 2.75) is 26.3 Å². The predicted molar refractivity (Wildman–Crippen MR) is 142 cm³/mol. The van der Waals surface area contributed by atoms with E-state index in [4.69, 9.17) is 16.3 Å². The van der Waals surface area contributed by atoms with Crippen LogP contribution in [-0.2, 0) is 4.74 Å². The fourth-order valence-electron chi connectivity index (χ4n) is 4.77. The van der Waals surface area contributed by atoms with Crippen molar-refractivity contribution in [3.05, 3.63) is 64.8 Å². The lowest BCUT2D eigenvalue weighted by atomic mass is 10.0. The number of hydrogen-bond acceptors (Lipinski definition) is 5. The van der Waals surface area contributed by atoms with Gasteiger partial charge in [0.05, 0.1) is 12.3 Å². The summed E-state index contributed by atoms with van der Waals surface area (Å²) in [7, 11) is 0. The molecule has 0 spiro atoms. The number of anilines is 4. The van der Waals surface area contributed by atoms with Gasteiger partial charge in [0.2, 0.25) is 0 Å². The number of nitrogens with one attached hydrogen (secondary N) is 2. The van der Waals surface area contributed by atoms with Crippen molar-refractivity contribution in [2.75, 3.05) is 48.0 Å². The van der Waals surface area contributed by atoms with E-state index in [0.717, 1.165) is 23.5 Å². The van der Waals surface area contributed by atoms with Crippen molar-refractivity contribution in [2.24, 2.45) is 0 Å². The molecule has 1 saturated heterocycles. The van der Waals surface area contributed by atoms with Gasteiger partial charge in [0.25, 0.3) is 0 Å². The number of fused-ring (bicyclic) bond motifs is 3. The number of aromatic nitrogens is 1. The van der Waals surface area contributed by atoms with Gasteiger partial charge >= 0.3 is 6.03 Å². The van der Waals surface area contributed by atoms with Crippen LogP contribution in [0.4, 0.5) is 36.5 Å². The number of ether oxygens (including phenoxy) is 1. The van der Waals surface area contributed by atoms with Crippen molar-refractivity contribution >= 4 is 40.5 Å². The number of amides is 2. The van der Waals surface area contributed by atoms with Gasteiger partial charge in [0.15, 0.2) is 11.6 Å². The van der Waals surface area contributed by atoms with Crippen LogP contribution in [0, 0.1) is 18.6 Å². The molecule has 37 heavy (non-hydrogen) atoms. The molecule has 0 bridgehead atoms. The van der Waals surface area contributed by atoms with Gasteiger partial charge in [-0.05, 0) is 56.2 Å². The fraction of sp³-hybridized carbons (Fsp3) is 0.333. The molecule has 2 aliphatic rings. The van der Waals surface area contributed by atoms with E-state index in [0.29, 0.717) is 47.7 Å². The SMILES string of the molecule is CCN1C(=O)N(c2c(F)cc(NCCNC3CCOC3)cc2F)c2cc(Cl)ccc2-c2cc(C)cnc21. The number of rotatable bonds is 7. The molecule has 5 rings (SSSR count). The van der Waals surface area contributed by atoms with Gasteiger partial charge in [-0.2, -0.15) is 0 Å². The highest BCUT2D eigenvalue weighted by Crippen LogP contribution is 2.45. The molecule has 1 atom stereocenters. The second-order valence-electron chi connectivity index (χ2n) is 9.14. The molecule has 2 aliphatic heterocycles. The number of urea groups is 1. The molecule has 2 N–H and O–H groups in total. The first-order chi connectivity index (χ1) is 17.9. The largest absolute Gasteiger partial charge is 0.384 e. The Hall–Kier alpha value is -3.27. The molecule has 2 amide bonds. The summed E-state index contributed by atoms with van der Waals surface area (Å²) in [5.74, 6) is -1.32. The smallest absolute Gasteiger partial charge is 0.334 e. The summed E-state index contributed by atoms with van der Waals surface area (Å²) < 4.78 is 36.5. The molecule has 7 nitrogen and oxygen atoms in total. The van der Waals surface area contributed by atoms with Crippen molar-refractivity contribution in [1.29, 1.82) is 0 Å². The average molecular weight is 528 g/mol. The Balaban J connectivity index is 1.51. The topological polar surface area (TPSA) is 69.7 Å². The highest BCUT2D eigenvalue weighted by Gasteiger charge is 2.36. The van der Waals surface area contributed by atoms with Crippen molar-refractivity contribution in [1.82, 2.24) is 10.3 Å². The average Bonchev–Trinajstić information content (AvgIpc) is 3.36. The summed E-state index contributed by atoms with van der Waals surface area (Å²) in [4.78, 5) is 20.8.